The molecule has 2 aliphatic heterocycles. The van der Waals surface area contributed by atoms with E-state index in [1.54, 1.807) is 0 Å². The Morgan fingerprint density at radius 2 is 0.896 bits per heavy atom. The predicted octanol–water partition coefficient (Wildman–Crippen LogP) is 10.9. The van der Waals surface area contributed by atoms with Crippen molar-refractivity contribution in [3.8, 4) is 0 Å². The fraction of sp³-hybridized carbons (Fsp3) is 0.825. The standard InChI is InChI=1S/C63H113NO13/c1-3-5-7-9-11-12-13-14-15-16-17-18-19-20-21-22-23-24-25-26-27-28-29-30-31-32-33-34-35-36-37-38-39-40-41-43-45-47-55(68)64-51(52(67)46-44-42-10-8-6-4-2)50-74-62-60(73)58(71)61(54(49-66)76-62)77-63-59(72)57(70)56(69)53(48-65)75-63/h5,7,11-12,14-15,17-18,20-21,51-54,56-63,65-67,69-73H,3-4,6,8-10,13,16,19,22-50H2,1-2H3,(H,64,68)/b7-5-,12-11-,15-14-,18-17-,21-20-. The lowest BCUT2D eigenvalue weighted by atomic mass is 9.97. The Kier molecular flexibility index (Phi) is 44.5. The fourth-order valence-electron chi connectivity index (χ4n) is 10.0. The van der Waals surface area contributed by atoms with E-state index in [4.69, 9.17) is 18.9 Å². The molecule has 2 saturated heterocycles. The van der Waals surface area contributed by atoms with Gasteiger partial charge in [-0.25, -0.2) is 0 Å². The van der Waals surface area contributed by atoms with Gasteiger partial charge in [0.2, 0.25) is 5.91 Å². The molecule has 2 heterocycles. The van der Waals surface area contributed by atoms with Crippen LogP contribution in [0.2, 0.25) is 0 Å². The Morgan fingerprint density at radius 3 is 1.38 bits per heavy atom. The molecule has 1 amide bonds. The lowest BCUT2D eigenvalue weighted by Gasteiger charge is -2.46. The SMILES string of the molecule is CC/C=C\C/C=C\C/C=C\C/C=C\C/C=C\CCCCCCCCCCCCCCCCCCCCCCCC(=O)NC(COC1OC(CO)C(OC2OC(CO)C(O)C(O)C2O)C(O)C1O)C(O)CCCCCCCC. The van der Waals surface area contributed by atoms with Gasteiger partial charge in [-0.2, -0.15) is 0 Å². The van der Waals surface area contributed by atoms with Gasteiger partial charge in [-0.1, -0.05) is 235 Å². The Morgan fingerprint density at radius 1 is 0.481 bits per heavy atom. The third-order valence-electron chi connectivity index (χ3n) is 15.0. The van der Waals surface area contributed by atoms with Crippen LogP contribution in [0, 0.1) is 0 Å². The highest BCUT2D eigenvalue weighted by Crippen LogP contribution is 2.30. The topological polar surface area (TPSA) is 228 Å². The number of hydrogen-bond acceptors (Lipinski definition) is 13. The summed E-state index contributed by atoms with van der Waals surface area (Å²) in [6.45, 7) is 2.67. The van der Waals surface area contributed by atoms with Crippen LogP contribution in [-0.2, 0) is 23.7 Å². The molecule has 0 aromatic heterocycles. The van der Waals surface area contributed by atoms with Gasteiger partial charge in [-0.3, -0.25) is 4.79 Å². The first kappa shape index (κ1) is 70.8. The second kappa shape index (κ2) is 48.4. The number of aliphatic hydroxyl groups excluding tert-OH is 8. The molecule has 9 N–H and O–H groups in total. The van der Waals surface area contributed by atoms with Gasteiger partial charge < -0.3 is 65.1 Å². The van der Waals surface area contributed by atoms with Crippen molar-refractivity contribution in [3.05, 3.63) is 60.8 Å². The second-order valence-electron chi connectivity index (χ2n) is 21.8. The first-order valence-corrected chi connectivity index (χ1v) is 31.0. The van der Waals surface area contributed by atoms with Crippen LogP contribution in [0.5, 0.6) is 0 Å². The number of nitrogens with one attached hydrogen (secondary N) is 1. The van der Waals surface area contributed by atoms with E-state index in [0.717, 1.165) is 96.3 Å². The summed E-state index contributed by atoms with van der Waals surface area (Å²) >= 11 is 0. The van der Waals surface area contributed by atoms with Gasteiger partial charge in [-0.05, 0) is 57.8 Å². The molecule has 0 spiro atoms. The maximum Gasteiger partial charge on any atom is 0.220 e. The molecule has 0 aliphatic carbocycles. The van der Waals surface area contributed by atoms with E-state index >= 15 is 0 Å². The highest BCUT2D eigenvalue weighted by Gasteiger charge is 2.51. The Hall–Kier alpha value is -2.31. The molecular formula is C63H113NO13. The van der Waals surface area contributed by atoms with Gasteiger partial charge in [0.05, 0.1) is 32.0 Å². The summed E-state index contributed by atoms with van der Waals surface area (Å²) in [7, 11) is 0. The summed E-state index contributed by atoms with van der Waals surface area (Å²) in [4.78, 5) is 13.2. The van der Waals surface area contributed by atoms with Crippen LogP contribution in [0.1, 0.15) is 239 Å². The van der Waals surface area contributed by atoms with Gasteiger partial charge in [0.15, 0.2) is 12.6 Å². The first-order valence-electron chi connectivity index (χ1n) is 31.0. The zero-order valence-electron chi connectivity index (χ0n) is 48.2. The van der Waals surface area contributed by atoms with Crippen LogP contribution in [0.3, 0.4) is 0 Å². The van der Waals surface area contributed by atoms with Gasteiger partial charge in [0.25, 0.3) is 0 Å². The van der Waals surface area contributed by atoms with Crippen molar-refractivity contribution in [1.82, 2.24) is 5.32 Å². The molecule has 2 fully saturated rings. The Balaban J connectivity index is 1.51. The van der Waals surface area contributed by atoms with Crippen molar-refractivity contribution in [1.29, 1.82) is 0 Å². The van der Waals surface area contributed by atoms with Crippen molar-refractivity contribution in [2.75, 3.05) is 19.8 Å². The molecule has 14 nitrogen and oxygen atoms in total. The van der Waals surface area contributed by atoms with Crippen LogP contribution in [0.4, 0.5) is 0 Å². The van der Waals surface area contributed by atoms with E-state index in [2.05, 4.69) is 79.9 Å². The van der Waals surface area contributed by atoms with Crippen LogP contribution in [0.25, 0.3) is 0 Å². The van der Waals surface area contributed by atoms with E-state index in [1.165, 1.54) is 116 Å². The zero-order chi connectivity index (χ0) is 56.0. The molecular weight excluding hydrogens is 979 g/mol. The molecule has 0 aromatic rings. The molecule has 12 unspecified atom stereocenters. The van der Waals surface area contributed by atoms with Crippen LogP contribution >= 0.6 is 0 Å². The summed E-state index contributed by atoms with van der Waals surface area (Å²) < 4.78 is 22.7. The highest BCUT2D eigenvalue weighted by atomic mass is 16.7. The minimum Gasteiger partial charge on any atom is -0.394 e. The molecule has 0 aromatic carbocycles. The Labute approximate surface area is 466 Å². The minimum absolute atomic E-state index is 0.211. The number of ether oxygens (including phenoxy) is 4. The van der Waals surface area contributed by atoms with Crippen LogP contribution < -0.4 is 5.32 Å². The molecule has 0 saturated carbocycles. The van der Waals surface area contributed by atoms with Crippen LogP contribution in [0.15, 0.2) is 60.8 Å². The van der Waals surface area contributed by atoms with Crippen molar-refractivity contribution in [3.63, 3.8) is 0 Å². The molecule has 0 bridgehead atoms. The molecule has 14 heteroatoms. The van der Waals surface area contributed by atoms with Crippen molar-refractivity contribution < 1.29 is 64.6 Å². The van der Waals surface area contributed by atoms with Gasteiger partial charge in [-0.15, -0.1) is 0 Å². The lowest BCUT2D eigenvalue weighted by Crippen LogP contribution is -2.65. The van der Waals surface area contributed by atoms with E-state index in [1.807, 2.05) is 0 Å². The van der Waals surface area contributed by atoms with Gasteiger partial charge in [0, 0.05) is 6.42 Å². The summed E-state index contributed by atoms with van der Waals surface area (Å²) in [6.07, 6.45) is 46.0. The van der Waals surface area contributed by atoms with Crippen LogP contribution in [-0.4, -0.2) is 140 Å². The summed E-state index contributed by atoms with van der Waals surface area (Å²) in [5.74, 6) is -0.211. The number of carbonyl (C=O) groups is 1. The highest BCUT2D eigenvalue weighted by molar-refractivity contribution is 5.76. The van der Waals surface area contributed by atoms with Crippen molar-refractivity contribution in [2.45, 2.75) is 312 Å². The maximum atomic E-state index is 13.2. The molecule has 2 aliphatic rings. The quantitative estimate of drug-likeness (QED) is 0.0204. The molecule has 0 radical (unpaired) electrons. The van der Waals surface area contributed by atoms with Crippen molar-refractivity contribution >= 4 is 5.91 Å². The third-order valence-corrected chi connectivity index (χ3v) is 15.0. The summed E-state index contributed by atoms with van der Waals surface area (Å²) in [5.41, 5.74) is 0. The van der Waals surface area contributed by atoms with Gasteiger partial charge >= 0.3 is 0 Å². The predicted molar refractivity (Wildman–Crippen MR) is 309 cm³/mol. The second-order valence-corrected chi connectivity index (χ2v) is 21.8. The summed E-state index contributed by atoms with van der Waals surface area (Å²) in [5, 5.41) is 86.7. The largest absolute Gasteiger partial charge is 0.394 e. The zero-order valence-corrected chi connectivity index (χ0v) is 48.2. The van der Waals surface area contributed by atoms with Gasteiger partial charge in [0.1, 0.15) is 48.8 Å². The lowest BCUT2D eigenvalue weighted by molar-refractivity contribution is -0.359. The number of amides is 1. The number of aliphatic hydroxyl groups is 8. The smallest absolute Gasteiger partial charge is 0.220 e. The number of hydrogen-bond donors (Lipinski definition) is 9. The number of carbonyl (C=O) groups excluding carboxylic acids is 1. The average Bonchev–Trinajstić information content (AvgIpc) is 3.43. The molecule has 448 valence electrons. The van der Waals surface area contributed by atoms with E-state index in [-0.39, 0.29) is 12.5 Å². The maximum absolute atomic E-state index is 13.2. The number of allylic oxidation sites excluding steroid dienone is 10. The number of rotatable bonds is 49. The Bertz CT molecular complexity index is 1520. The monoisotopic (exact) mass is 1090 g/mol. The average molecular weight is 1090 g/mol. The number of unbranched alkanes of at least 4 members (excludes halogenated alkanes) is 26. The first-order chi connectivity index (χ1) is 37.6. The molecule has 77 heavy (non-hydrogen) atoms. The fourth-order valence-corrected chi connectivity index (χ4v) is 10.0. The summed E-state index contributed by atoms with van der Waals surface area (Å²) in [6, 6.07) is -0.825. The molecule has 2 rings (SSSR count). The van der Waals surface area contributed by atoms with E-state index < -0.39 is 86.8 Å². The third kappa shape index (κ3) is 33.9. The van der Waals surface area contributed by atoms with Crippen molar-refractivity contribution in [2.24, 2.45) is 0 Å². The minimum atomic E-state index is -1.78. The van der Waals surface area contributed by atoms with E-state index in [0.29, 0.717) is 12.8 Å². The van der Waals surface area contributed by atoms with E-state index in [9.17, 15) is 45.6 Å². The molecule has 12 atom stereocenters. The normalized spacial score (nSPS) is 25.1.